The number of ketones is 1. The number of piperidine rings is 1. The summed E-state index contributed by atoms with van der Waals surface area (Å²) in [6, 6.07) is 7.62. The molecular weight excluding hydrogens is 354 g/mol. The summed E-state index contributed by atoms with van der Waals surface area (Å²) in [4.78, 5) is 25.5. The molecule has 1 aromatic carbocycles. The van der Waals surface area contributed by atoms with E-state index in [1.807, 2.05) is 0 Å². The second-order valence-electron chi connectivity index (χ2n) is 8.49. The van der Waals surface area contributed by atoms with Gasteiger partial charge in [0.2, 0.25) is 5.91 Å². The molecule has 4 N–H and O–H groups in total. The van der Waals surface area contributed by atoms with Crippen LogP contribution in [0.2, 0.25) is 0 Å². The molecule has 1 amide bonds. The van der Waals surface area contributed by atoms with Gasteiger partial charge in [0, 0.05) is 13.1 Å². The quantitative estimate of drug-likeness (QED) is 0.460. The number of hydrogen-bond acceptors (Lipinski definition) is 5. The highest BCUT2D eigenvalue weighted by Crippen LogP contribution is 2.52. The maximum atomic E-state index is 13.3. The largest absolute Gasteiger partial charge is 0.306 e. The first-order valence-corrected chi connectivity index (χ1v) is 10.3. The zero-order valence-corrected chi connectivity index (χ0v) is 16.3. The molecule has 0 bridgehead atoms. The summed E-state index contributed by atoms with van der Waals surface area (Å²) in [6.07, 6.45) is 6.58. The number of nitrogens with one attached hydrogen (secondary N) is 3. The van der Waals surface area contributed by atoms with Crippen molar-refractivity contribution in [2.24, 2.45) is 11.3 Å². The normalized spacial score (nSPS) is 28.5. The molecule has 28 heavy (non-hydrogen) atoms. The van der Waals surface area contributed by atoms with Gasteiger partial charge >= 0.3 is 0 Å². The molecule has 3 atom stereocenters. The fourth-order valence-corrected chi connectivity index (χ4v) is 4.62. The lowest BCUT2D eigenvalue weighted by molar-refractivity contribution is -0.140. The number of amides is 1. The molecule has 0 aromatic heterocycles. The maximum absolute atomic E-state index is 13.3. The fourth-order valence-electron chi connectivity index (χ4n) is 4.62. The van der Waals surface area contributed by atoms with E-state index in [1.54, 1.807) is 5.48 Å². The lowest BCUT2D eigenvalue weighted by Gasteiger charge is -2.37. The summed E-state index contributed by atoms with van der Waals surface area (Å²) in [5, 5.41) is 15.8. The van der Waals surface area contributed by atoms with Gasteiger partial charge in [-0.1, -0.05) is 37.3 Å². The van der Waals surface area contributed by atoms with Gasteiger partial charge in [-0.25, -0.2) is 5.48 Å². The Hall–Kier alpha value is -2.02. The van der Waals surface area contributed by atoms with E-state index >= 15 is 0 Å². The fraction of sp³-hybridized carbons (Fsp3) is 0.545. The summed E-state index contributed by atoms with van der Waals surface area (Å²) >= 11 is 0. The van der Waals surface area contributed by atoms with Crippen LogP contribution in [0.5, 0.6) is 0 Å². The van der Waals surface area contributed by atoms with Crippen molar-refractivity contribution in [1.29, 1.82) is 0 Å². The molecule has 1 spiro atoms. The second kappa shape index (κ2) is 7.78. The van der Waals surface area contributed by atoms with Gasteiger partial charge < -0.3 is 10.6 Å². The number of aryl methyl sites for hydroxylation is 1. The van der Waals surface area contributed by atoms with E-state index < -0.39 is 17.9 Å². The van der Waals surface area contributed by atoms with Crippen LogP contribution in [0.15, 0.2) is 30.3 Å². The topological polar surface area (TPSA) is 90.5 Å². The maximum Gasteiger partial charge on any atom is 0.248 e. The standard InChI is InChI=1S/C22H29N3O3/c1-2-14-3-5-15(6-4-14)16-7-10-23-18(11-16)20(26)19-17(21(27)25-28)12-22(8-9-22)13-24-19/h3-7,17-19,23-24,28H,2,8-13H2,1H3,(H,25,27)/t17-,18?,19-/m0/s1. The zero-order valence-electron chi connectivity index (χ0n) is 16.3. The zero-order chi connectivity index (χ0) is 19.7. The third kappa shape index (κ3) is 3.77. The molecule has 1 saturated heterocycles. The van der Waals surface area contributed by atoms with Gasteiger partial charge in [-0.05, 0) is 54.2 Å². The third-order valence-electron chi connectivity index (χ3n) is 6.68. The molecule has 6 nitrogen and oxygen atoms in total. The van der Waals surface area contributed by atoms with Crippen LogP contribution in [0.3, 0.4) is 0 Å². The van der Waals surface area contributed by atoms with Crippen LogP contribution in [0.25, 0.3) is 5.57 Å². The van der Waals surface area contributed by atoms with Crippen LogP contribution in [0.1, 0.15) is 43.7 Å². The predicted molar refractivity (Wildman–Crippen MR) is 107 cm³/mol. The average Bonchev–Trinajstić information content (AvgIpc) is 3.51. The third-order valence-corrected chi connectivity index (χ3v) is 6.68. The molecule has 1 unspecified atom stereocenters. The molecular formula is C22H29N3O3. The number of hydrogen-bond donors (Lipinski definition) is 4. The molecule has 1 aromatic rings. The highest BCUT2D eigenvalue weighted by Gasteiger charge is 2.52. The van der Waals surface area contributed by atoms with E-state index in [1.165, 1.54) is 5.56 Å². The van der Waals surface area contributed by atoms with Crippen LogP contribution >= 0.6 is 0 Å². The van der Waals surface area contributed by atoms with E-state index in [-0.39, 0.29) is 17.2 Å². The van der Waals surface area contributed by atoms with E-state index in [2.05, 4.69) is 47.9 Å². The molecule has 0 radical (unpaired) electrons. The Labute approximate surface area is 165 Å². The van der Waals surface area contributed by atoms with Gasteiger partial charge in [-0.15, -0.1) is 0 Å². The lowest BCUT2D eigenvalue weighted by atomic mass is 9.78. The summed E-state index contributed by atoms with van der Waals surface area (Å²) in [6.45, 7) is 3.54. The minimum atomic E-state index is -0.558. The van der Waals surface area contributed by atoms with Crippen molar-refractivity contribution in [3.63, 3.8) is 0 Å². The van der Waals surface area contributed by atoms with Crippen LogP contribution in [-0.4, -0.2) is 42.1 Å². The number of carbonyl (C=O) groups excluding carboxylic acids is 2. The van der Waals surface area contributed by atoms with Gasteiger partial charge in [0.25, 0.3) is 0 Å². The van der Waals surface area contributed by atoms with Crippen molar-refractivity contribution in [3.8, 4) is 0 Å². The van der Waals surface area contributed by atoms with Gasteiger partial charge in [-0.2, -0.15) is 0 Å². The molecule has 6 heteroatoms. The minimum Gasteiger partial charge on any atom is -0.306 e. The molecule has 2 aliphatic heterocycles. The highest BCUT2D eigenvalue weighted by molar-refractivity contribution is 5.96. The summed E-state index contributed by atoms with van der Waals surface area (Å²) in [5.41, 5.74) is 5.52. The number of benzene rings is 1. The minimum absolute atomic E-state index is 0.0138. The molecule has 150 valence electrons. The Morgan fingerprint density at radius 1 is 1.21 bits per heavy atom. The van der Waals surface area contributed by atoms with E-state index in [0.717, 1.165) is 36.9 Å². The van der Waals surface area contributed by atoms with Crippen molar-refractivity contribution in [3.05, 3.63) is 41.5 Å². The molecule has 2 fully saturated rings. The summed E-state index contributed by atoms with van der Waals surface area (Å²) in [5.74, 6) is -0.966. The number of hydroxylamine groups is 1. The van der Waals surface area contributed by atoms with Gasteiger partial charge in [0.15, 0.2) is 5.78 Å². The molecule has 2 heterocycles. The first-order valence-electron chi connectivity index (χ1n) is 10.3. The van der Waals surface area contributed by atoms with Crippen LogP contribution < -0.4 is 16.1 Å². The van der Waals surface area contributed by atoms with Crippen molar-refractivity contribution < 1.29 is 14.8 Å². The molecule has 1 saturated carbocycles. The monoisotopic (exact) mass is 383 g/mol. The highest BCUT2D eigenvalue weighted by atomic mass is 16.5. The van der Waals surface area contributed by atoms with Crippen LogP contribution in [0, 0.1) is 11.3 Å². The van der Waals surface area contributed by atoms with Crippen molar-refractivity contribution in [2.75, 3.05) is 13.1 Å². The van der Waals surface area contributed by atoms with Crippen molar-refractivity contribution in [2.45, 2.75) is 51.1 Å². The Bertz CT molecular complexity index is 783. The lowest BCUT2D eigenvalue weighted by Crippen LogP contribution is -2.59. The summed E-state index contributed by atoms with van der Waals surface area (Å²) in [7, 11) is 0. The Morgan fingerprint density at radius 2 is 1.96 bits per heavy atom. The molecule has 3 aliphatic rings. The van der Waals surface area contributed by atoms with Gasteiger partial charge in [0.1, 0.15) is 0 Å². The van der Waals surface area contributed by atoms with Gasteiger partial charge in [0.05, 0.1) is 18.0 Å². The SMILES string of the molecule is CCc1ccc(C2=CCNC(C(=O)[C@H]3NCC4(CC4)C[C@@H]3C(=O)NO)C2)cc1. The second-order valence-corrected chi connectivity index (χ2v) is 8.49. The predicted octanol–water partition coefficient (Wildman–Crippen LogP) is 1.83. The van der Waals surface area contributed by atoms with E-state index in [0.29, 0.717) is 19.4 Å². The molecule has 4 rings (SSSR count). The Kier molecular flexibility index (Phi) is 5.36. The number of carbonyl (C=O) groups is 2. The van der Waals surface area contributed by atoms with Crippen LogP contribution in [0.4, 0.5) is 0 Å². The van der Waals surface area contributed by atoms with E-state index in [9.17, 15) is 9.59 Å². The van der Waals surface area contributed by atoms with Crippen LogP contribution in [-0.2, 0) is 16.0 Å². The number of Topliss-reactive ketones (excluding diaryl/α,β-unsaturated/α-hetero) is 1. The molecule has 1 aliphatic carbocycles. The van der Waals surface area contributed by atoms with Gasteiger partial charge in [-0.3, -0.25) is 14.8 Å². The smallest absolute Gasteiger partial charge is 0.248 e. The van der Waals surface area contributed by atoms with E-state index in [4.69, 9.17) is 5.21 Å². The van der Waals surface area contributed by atoms with Crippen molar-refractivity contribution >= 4 is 17.3 Å². The first-order chi connectivity index (χ1) is 13.5. The average molecular weight is 383 g/mol. The Balaban J connectivity index is 1.47. The Morgan fingerprint density at radius 3 is 2.61 bits per heavy atom. The van der Waals surface area contributed by atoms with Crippen molar-refractivity contribution in [1.82, 2.24) is 16.1 Å². The summed E-state index contributed by atoms with van der Waals surface area (Å²) < 4.78 is 0. The number of rotatable bonds is 5. The first kappa shape index (κ1) is 19.3.